The molecule has 3 nitrogen and oxygen atoms in total. The van der Waals surface area contributed by atoms with Gasteiger partial charge in [-0.05, 0) is 25.7 Å². The van der Waals surface area contributed by atoms with Crippen LogP contribution in [0.4, 0.5) is 0 Å². The summed E-state index contributed by atoms with van der Waals surface area (Å²) in [6.45, 7) is 3.94. The molecular weight excluding hydrogens is 224 g/mol. The van der Waals surface area contributed by atoms with Crippen molar-refractivity contribution >= 4 is 17.4 Å². The third-order valence-corrected chi connectivity index (χ3v) is 4.19. The van der Waals surface area contributed by atoms with Crippen LogP contribution < -0.4 is 0 Å². The summed E-state index contributed by atoms with van der Waals surface area (Å²) in [6.07, 6.45) is 2.57. The van der Waals surface area contributed by atoms with E-state index in [0.29, 0.717) is 11.7 Å². The van der Waals surface area contributed by atoms with E-state index in [0.717, 1.165) is 35.7 Å². The van der Waals surface area contributed by atoms with Crippen LogP contribution in [0.1, 0.15) is 31.2 Å². The van der Waals surface area contributed by atoms with Gasteiger partial charge in [-0.1, -0.05) is 18.5 Å². The quantitative estimate of drug-likeness (QED) is 0.796. The lowest BCUT2D eigenvalue weighted by atomic mass is 9.93. The number of rotatable bonds is 2. The number of carbonyl (C=O) groups excluding carboxylic acids is 1. The smallest absolute Gasteiger partial charge is 0.136 e. The van der Waals surface area contributed by atoms with Gasteiger partial charge in [-0.25, -0.2) is 0 Å². The SMILES string of the molecule is Cc1nn(C)c(CC2CCC(=O)C2C)c1Cl. The molecule has 0 saturated heterocycles. The van der Waals surface area contributed by atoms with Gasteiger partial charge in [0.05, 0.1) is 16.4 Å². The van der Waals surface area contributed by atoms with Crippen molar-refractivity contribution in [3.63, 3.8) is 0 Å². The Bertz CT molecular complexity index is 425. The molecule has 4 heteroatoms. The maximum atomic E-state index is 11.5. The standard InChI is InChI=1S/C12H17ClN2O/c1-7-9(4-5-11(7)16)6-10-12(13)8(2)14-15(10)3/h7,9H,4-6H2,1-3H3. The minimum atomic E-state index is 0.172. The van der Waals surface area contributed by atoms with Crippen LogP contribution >= 0.6 is 11.6 Å². The lowest BCUT2D eigenvalue weighted by molar-refractivity contribution is -0.120. The summed E-state index contributed by atoms with van der Waals surface area (Å²) in [5.74, 6) is 0.992. The van der Waals surface area contributed by atoms with Gasteiger partial charge in [-0.3, -0.25) is 9.48 Å². The van der Waals surface area contributed by atoms with Crippen LogP contribution in [0.3, 0.4) is 0 Å². The van der Waals surface area contributed by atoms with Crippen LogP contribution in [0.5, 0.6) is 0 Å². The van der Waals surface area contributed by atoms with E-state index < -0.39 is 0 Å². The van der Waals surface area contributed by atoms with E-state index in [4.69, 9.17) is 11.6 Å². The fourth-order valence-electron chi connectivity index (χ4n) is 2.50. The van der Waals surface area contributed by atoms with Crippen molar-refractivity contribution in [2.75, 3.05) is 0 Å². The second kappa shape index (κ2) is 4.21. The van der Waals surface area contributed by atoms with E-state index in [1.54, 1.807) is 0 Å². The molecule has 0 amide bonds. The van der Waals surface area contributed by atoms with E-state index in [2.05, 4.69) is 5.10 Å². The second-order valence-corrected chi connectivity index (χ2v) is 5.11. The maximum absolute atomic E-state index is 11.5. The molecule has 1 heterocycles. The lowest BCUT2D eigenvalue weighted by Gasteiger charge is -2.14. The van der Waals surface area contributed by atoms with Crippen LogP contribution in [0.25, 0.3) is 0 Å². The Morgan fingerprint density at radius 3 is 2.69 bits per heavy atom. The average molecular weight is 241 g/mol. The lowest BCUT2D eigenvalue weighted by Crippen LogP contribution is -2.14. The van der Waals surface area contributed by atoms with Crippen molar-refractivity contribution in [2.24, 2.45) is 18.9 Å². The number of Topliss-reactive ketones (excluding diaryl/α,β-unsaturated/α-hetero) is 1. The summed E-state index contributed by atoms with van der Waals surface area (Å²) in [6, 6.07) is 0. The zero-order valence-corrected chi connectivity index (χ0v) is 10.7. The van der Waals surface area contributed by atoms with Crippen molar-refractivity contribution in [1.82, 2.24) is 9.78 Å². The number of ketones is 1. The van der Waals surface area contributed by atoms with Crippen LogP contribution in [0.15, 0.2) is 0 Å². The highest BCUT2D eigenvalue weighted by molar-refractivity contribution is 6.31. The first-order valence-corrected chi connectivity index (χ1v) is 6.09. The number of aryl methyl sites for hydroxylation is 2. The number of hydrogen-bond acceptors (Lipinski definition) is 2. The summed E-state index contributed by atoms with van der Waals surface area (Å²) >= 11 is 6.21. The molecule has 1 aliphatic carbocycles. The zero-order chi connectivity index (χ0) is 11.9. The van der Waals surface area contributed by atoms with E-state index in [-0.39, 0.29) is 5.92 Å². The molecule has 0 spiro atoms. The Kier molecular flexibility index (Phi) is 3.06. The molecule has 1 fully saturated rings. The predicted octanol–water partition coefficient (Wildman–Crippen LogP) is 2.54. The van der Waals surface area contributed by atoms with Crippen molar-refractivity contribution in [3.8, 4) is 0 Å². The van der Waals surface area contributed by atoms with Crippen LogP contribution in [0.2, 0.25) is 5.02 Å². The Labute approximate surface area is 101 Å². The van der Waals surface area contributed by atoms with Gasteiger partial charge in [0.25, 0.3) is 0 Å². The molecule has 88 valence electrons. The molecule has 1 saturated carbocycles. The van der Waals surface area contributed by atoms with Gasteiger partial charge in [0.2, 0.25) is 0 Å². The Morgan fingerprint density at radius 1 is 1.56 bits per heavy atom. The van der Waals surface area contributed by atoms with Gasteiger partial charge in [0.1, 0.15) is 5.78 Å². The van der Waals surface area contributed by atoms with Gasteiger partial charge in [0, 0.05) is 19.4 Å². The highest BCUT2D eigenvalue weighted by Crippen LogP contribution is 2.33. The first-order chi connectivity index (χ1) is 7.50. The fraction of sp³-hybridized carbons (Fsp3) is 0.667. The third-order valence-electron chi connectivity index (χ3n) is 3.69. The third kappa shape index (κ3) is 1.88. The van der Waals surface area contributed by atoms with Crippen LogP contribution in [-0.2, 0) is 18.3 Å². The molecule has 16 heavy (non-hydrogen) atoms. The molecule has 0 aliphatic heterocycles. The van der Waals surface area contributed by atoms with Gasteiger partial charge < -0.3 is 0 Å². The molecule has 1 aromatic rings. The Morgan fingerprint density at radius 2 is 2.25 bits per heavy atom. The fourth-order valence-corrected chi connectivity index (χ4v) is 2.73. The number of nitrogens with zero attached hydrogens (tertiary/aromatic N) is 2. The first kappa shape index (κ1) is 11.6. The summed E-state index contributed by atoms with van der Waals surface area (Å²) in [7, 11) is 1.91. The Balaban J connectivity index is 2.18. The highest BCUT2D eigenvalue weighted by atomic mass is 35.5. The molecule has 1 aliphatic rings. The van der Waals surface area contributed by atoms with E-state index in [1.165, 1.54) is 0 Å². The van der Waals surface area contributed by atoms with Crippen molar-refractivity contribution < 1.29 is 4.79 Å². The topological polar surface area (TPSA) is 34.9 Å². The first-order valence-electron chi connectivity index (χ1n) is 5.71. The number of halogens is 1. The summed E-state index contributed by atoms with van der Waals surface area (Å²) in [5, 5.41) is 5.05. The van der Waals surface area contributed by atoms with E-state index in [1.807, 2.05) is 25.6 Å². The molecule has 2 unspecified atom stereocenters. The minimum absolute atomic E-state index is 0.172. The Hall–Kier alpha value is -0.830. The predicted molar refractivity (Wildman–Crippen MR) is 63.6 cm³/mol. The van der Waals surface area contributed by atoms with E-state index in [9.17, 15) is 4.79 Å². The van der Waals surface area contributed by atoms with E-state index >= 15 is 0 Å². The molecule has 0 bridgehead atoms. The van der Waals surface area contributed by atoms with Crippen molar-refractivity contribution in [2.45, 2.75) is 33.1 Å². The second-order valence-electron chi connectivity index (χ2n) is 4.73. The normalized spacial score (nSPS) is 25.4. The van der Waals surface area contributed by atoms with Gasteiger partial charge >= 0.3 is 0 Å². The summed E-state index contributed by atoms with van der Waals surface area (Å²) < 4.78 is 1.84. The minimum Gasteiger partial charge on any atom is -0.299 e. The number of hydrogen-bond donors (Lipinski definition) is 0. The molecule has 0 aromatic carbocycles. The summed E-state index contributed by atoms with van der Waals surface area (Å²) in [4.78, 5) is 11.5. The largest absolute Gasteiger partial charge is 0.299 e. The zero-order valence-electron chi connectivity index (χ0n) is 9.96. The molecule has 0 N–H and O–H groups in total. The molecule has 2 atom stereocenters. The van der Waals surface area contributed by atoms with Gasteiger partial charge in [0.15, 0.2) is 0 Å². The maximum Gasteiger partial charge on any atom is 0.136 e. The van der Waals surface area contributed by atoms with Crippen LogP contribution in [-0.4, -0.2) is 15.6 Å². The number of aromatic nitrogens is 2. The molecule has 2 rings (SSSR count). The number of carbonyl (C=O) groups is 1. The van der Waals surface area contributed by atoms with Crippen LogP contribution in [0, 0.1) is 18.8 Å². The molecule has 1 aromatic heterocycles. The molecular formula is C12H17ClN2O. The molecule has 0 radical (unpaired) electrons. The monoisotopic (exact) mass is 240 g/mol. The van der Waals surface area contributed by atoms with Crippen molar-refractivity contribution in [3.05, 3.63) is 16.4 Å². The van der Waals surface area contributed by atoms with Gasteiger partial charge in [-0.15, -0.1) is 0 Å². The summed E-state index contributed by atoms with van der Waals surface area (Å²) in [5.41, 5.74) is 1.93. The van der Waals surface area contributed by atoms with Crippen molar-refractivity contribution in [1.29, 1.82) is 0 Å². The average Bonchev–Trinajstić information content (AvgIpc) is 2.66. The van der Waals surface area contributed by atoms with Gasteiger partial charge in [-0.2, -0.15) is 5.10 Å². The highest BCUT2D eigenvalue weighted by Gasteiger charge is 2.32.